The Morgan fingerprint density at radius 1 is 1.69 bits per heavy atom. The standard InChI is InChI=1S/C9H13N3S/c1-9(2,11-3)7-6-13-8(12-7)4-5-10/h6,11H,4H2,1-3H3. The topological polar surface area (TPSA) is 48.7 Å². The fourth-order valence-corrected chi connectivity index (χ4v) is 1.77. The molecule has 1 aromatic heterocycles. The molecule has 0 saturated heterocycles. The van der Waals surface area contributed by atoms with E-state index in [1.54, 1.807) is 11.3 Å². The van der Waals surface area contributed by atoms with Crippen molar-refractivity contribution in [1.82, 2.24) is 10.3 Å². The monoisotopic (exact) mass is 195 g/mol. The van der Waals surface area contributed by atoms with Gasteiger partial charge in [0.25, 0.3) is 0 Å². The van der Waals surface area contributed by atoms with Crippen molar-refractivity contribution < 1.29 is 0 Å². The summed E-state index contributed by atoms with van der Waals surface area (Å²) in [6.45, 7) is 4.14. The van der Waals surface area contributed by atoms with Crippen molar-refractivity contribution in [1.29, 1.82) is 5.26 Å². The van der Waals surface area contributed by atoms with Crippen LogP contribution in [0.5, 0.6) is 0 Å². The van der Waals surface area contributed by atoms with Crippen LogP contribution in [0.25, 0.3) is 0 Å². The lowest BCUT2D eigenvalue weighted by Crippen LogP contribution is -2.33. The minimum absolute atomic E-state index is 0.107. The first-order chi connectivity index (χ1) is 6.10. The largest absolute Gasteiger partial charge is 0.310 e. The van der Waals surface area contributed by atoms with Crippen LogP contribution in [0, 0.1) is 11.3 Å². The van der Waals surface area contributed by atoms with Crippen LogP contribution < -0.4 is 5.32 Å². The van der Waals surface area contributed by atoms with Gasteiger partial charge in [-0.1, -0.05) is 0 Å². The Kier molecular flexibility index (Phi) is 3.02. The van der Waals surface area contributed by atoms with E-state index in [0.29, 0.717) is 6.42 Å². The van der Waals surface area contributed by atoms with Crippen LogP contribution in [0.1, 0.15) is 24.5 Å². The van der Waals surface area contributed by atoms with E-state index in [1.165, 1.54) is 0 Å². The zero-order valence-electron chi connectivity index (χ0n) is 8.09. The summed E-state index contributed by atoms with van der Waals surface area (Å²) < 4.78 is 0. The number of rotatable bonds is 3. The van der Waals surface area contributed by atoms with Crippen LogP contribution in [-0.4, -0.2) is 12.0 Å². The molecule has 0 saturated carbocycles. The summed E-state index contributed by atoms with van der Waals surface area (Å²) in [5.41, 5.74) is 0.898. The predicted octanol–water partition coefficient (Wildman–Crippen LogP) is 1.66. The molecule has 1 aromatic rings. The highest BCUT2D eigenvalue weighted by Gasteiger charge is 2.20. The number of nitrogens with zero attached hydrogens (tertiary/aromatic N) is 2. The highest BCUT2D eigenvalue weighted by Crippen LogP contribution is 2.21. The molecule has 1 N–H and O–H groups in total. The Balaban J connectivity index is 2.86. The lowest BCUT2D eigenvalue weighted by Gasteiger charge is -2.21. The number of thiazole rings is 1. The first kappa shape index (κ1) is 10.2. The molecule has 0 spiro atoms. The second-order valence-electron chi connectivity index (χ2n) is 3.34. The van der Waals surface area contributed by atoms with Gasteiger partial charge >= 0.3 is 0 Å². The highest BCUT2D eigenvalue weighted by atomic mass is 32.1. The zero-order valence-corrected chi connectivity index (χ0v) is 8.90. The van der Waals surface area contributed by atoms with Crippen LogP contribution in [0.3, 0.4) is 0 Å². The van der Waals surface area contributed by atoms with Crippen molar-refractivity contribution in [2.24, 2.45) is 0 Å². The first-order valence-corrected chi connectivity index (χ1v) is 4.99. The number of nitriles is 1. The molecule has 0 radical (unpaired) electrons. The Labute approximate surface area is 82.4 Å². The fourth-order valence-electron chi connectivity index (χ4n) is 0.875. The van der Waals surface area contributed by atoms with E-state index in [-0.39, 0.29) is 5.54 Å². The van der Waals surface area contributed by atoms with E-state index in [0.717, 1.165) is 10.7 Å². The molecule has 0 aliphatic carbocycles. The molecule has 0 aromatic carbocycles. The third kappa shape index (κ3) is 2.27. The van der Waals surface area contributed by atoms with Crippen molar-refractivity contribution >= 4 is 11.3 Å². The Morgan fingerprint density at radius 3 is 2.92 bits per heavy atom. The van der Waals surface area contributed by atoms with Gasteiger partial charge in [0.05, 0.1) is 23.7 Å². The summed E-state index contributed by atoms with van der Waals surface area (Å²) in [6, 6.07) is 2.09. The summed E-state index contributed by atoms with van der Waals surface area (Å²) in [4.78, 5) is 4.38. The van der Waals surface area contributed by atoms with Crippen molar-refractivity contribution in [3.8, 4) is 6.07 Å². The molecule has 4 heteroatoms. The van der Waals surface area contributed by atoms with Gasteiger partial charge in [-0.3, -0.25) is 0 Å². The molecule has 13 heavy (non-hydrogen) atoms. The van der Waals surface area contributed by atoms with Crippen molar-refractivity contribution in [3.05, 3.63) is 16.1 Å². The molecule has 1 heterocycles. The first-order valence-electron chi connectivity index (χ1n) is 4.11. The molecule has 0 atom stereocenters. The van der Waals surface area contributed by atoms with Gasteiger partial charge in [-0.15, -0.1) is 11.3 Å². The van der Waals surface area contributed by atoms with Crippen LogP contribution in [-0.2, 0) is 12.0 Å². The van der Waals surface area contributed by atoms with Gasteiger partial charge in [-0.25, -0.2) is 4.98 Å². The Hall–Kier alpha value is -0.920. The van der Waals surface area contributed by atoms with E-state index < -0.39 is 0 Å². The summed E-state index contributed by atoms with van der Waals surface area (Å²) in [5, 5.41) is 14.6. The molecule has 3 nitrogen and oxygen atoms in total. The molecular formula is C9H13N3S. The average molecular weight is 195 g/mol. The Bertz CT molecular complexity index is 322. The maximum Gasteiger partial charge on any atom is 0.107 e. The van der Waals surface area contributed by atoms with E-state index in [2.05, 4.69) is 30.2 Å². The van der Waals surface area contributed by atoms with E-state index in [1.807, 2.05) is 12.4 Å². The SMILES string of the molecule is CNC(C)(C)c1csc(CC#N)n1. The lowest BCUT2D eigenvalue weighted by molar-refractivity contribution is 0.433. The van der Waals surface area contributed by atoms with Gasteiger partial charge in [0, 0.05) is 5.38 Å². The molecule has 0 aliphatic heterocycles. The van der Waals surface area contributed by atoms with E-state index >= 15 is 0 Å². The van der Waals surface area contributed by atoms with Crippen molar-refractivity contribution in [2.75, 3.05) is 7.05 Å². The molecule has 70 valence electrons. The number of hydrogen-bond donors (Lipinski definition) is 1. The third-order valence-electron chi connectivity index (χ3n) is 2.05. The predicted molar refractivity (Wildman–Crippen MR) is 53.5 cm³/mol. The smallest absolute Gasteiger partial charge is 0.107 e. The van der Waals surface area contributed by atoms with Crippen LogP contribution in [0.2, 0.25) is 0 Å². The highest BCUT2D eigenvalue weighted by molar-refractivity contribution is 7.09. The minimum Gasteiger partial charge on any atom is -0.310 e. The van der Waals surface area contributed by atoms with Gasteiger partial charge < -0.3 is 5.32 Å². The second kappa shape index (κ2) is 3.86. The van der Waals surface area contributed by atoms with E-state index in [4.69, 9.17) is 5.26 Å². The van der Waals surface area contributed by atoms with Gasteiger partial charge in [0.15, 0.2) is 0 Å². The third-order valence-corrected chi connectivity index (χ3v) is 2.90. The molecule has 0 bridgehead atoms. The maximum atomic E-state index is 8.49. The molecule has 0 aliphatic rings. The molecule has 1 rings (SSSR count). The van der Waals surface area contributed by atoms with Crippen LogP contribution in [0.4, 0.5) is 0 Å². The normalized spacial score (nSPS) is 11.2. The molecule has 0 unspecified atom stereocenters. The minimum atomic E-state index is -0.107. The second-order valence-corrected chi connectivity index (χ2v) is 4.28. The molecule has 0 amide bonds. The summed E-state index contributed by atoms with van der Waals surface area (Å²) >= 11 is 1.54. The zero-order chi connectivity index (χ0) is 9.90. The summed E-state index contributed by atoms with van der Waals surface area (Å²) in [6.07, 6.45) is 0.407. The van der Waals surface area contributed by atoms with Crippen LogP contribution >= 0.6 is 11.3 Å². The van der Waals surface area contributed by atoms with Gasteiger partial charge in [0.1, 0.15) is 5.01 Å². The number of aromatic nitrogens is 1. The average Bonchev–Trinajstić information content (AvgIpc) is 2.54. The summed E-state index contributed by atoms with van der Waals surface area (Å²) in [5.74, 6) is 0. The van der Waals surface area contributed by atoms with Crippen LogP contribution in [0.15, 0.2) is 5.38 Å². The van der Waals surface area contributed by atoms with Gasteiger partial charge in [0.2, 0.25) is 0 Å². The Morgan fingerprint density at radius 2 is 2.38 bits per heavy atom. The van der Waals surface area contributed by atoms with Gasteiger partial charge in [-0.05, 0) is 20.9 Å². The summed E-state index contributed by atoms with van der Waals surface area (Å²) in [7, 11) is 1.91. The number of hydrogen-bond acceptors (Lipinski definition) is 4. The van der Waals surface area contributed by atoms with Crippen molar-refractivity contribution in [2.45, 2.75) is 25.8 Å². The molecular weight excluding hydrogens is 182 g/mol. The van der Waals surface area contributed by atoms with Gasteiger partial charge in [-0.2, -0.15) is 5.26 Å². The number of nitrogens with one attached hydrogen (secondary N) is 1. The fraction of sp³-hybridized carbons (Fsp3) is 0.556. The van der Waals surface area contributed by atoms with E-state index in [9.17, 15) is 0 Å². The lowest BCUT2D eigenvalue weighted by atomic mass is 10.0. The van der Waals surface area contributed by atoms with Crippen molar-refractivity contribution in [3.63, 3.8) is 0 Å². The molecule has 0 fully saturated rings. The quantitative estimate of drug-likeness (QED) is 0.798. The maximum absolute atomic E-state index is 8.49.